The molecule has 0 saturated heterocycles. The largest absolute Gasteiger partial charge is 0.332 e. The second-order valence-electron chi connectivity index (χ2n) is 9.18. The van der Waals surface area contributed by atoms with Gasteiger partial charge in [-0.25, -0.2) is 0 Å². The number of nitrogens with zero attached hydrogens (tertiary/aromatic N) is 2. The van der Waals surface area contributed by atoms with Gasteiger partial charge in [0.25, 0.3) is 0 Å². The zero-order valence-corrected chi connectivity index (χ0v) is 20.4. The van der Waals surface area contributed by atoms with Gasteiger partial charge < -0.3 is 9.80 Å². The van der Waals surface area contributed by atoms with Crippen molar-refractivity contribution in [2.75, 3.05) is 6.54 Å². The zero-order chi connectivity index (χ0) is 23.4. The van der Waals surface area contributed by atoms with E-state index in [2.05, 4.69) is 30.5 Å². The summed E-state index contributed by atoms with van der Waals surface area (Å²) in [6, 6.07) is 22.3. The first-order valence-corrected chi connectivity index (χ1v) is 12.5. The van der Waals surface area contributed by atoms with Crippen molar-refractivity contribution in [3.8, 4) is 0 Å². The highest BCUT2D eigenvalue weighted by Gasteiger charge is 2.46. The number of aryl methyl sites for hydroxylation is 1. The molecule has 3 aromatic rings. The monoisotopic (exact) mass is 460 g/mol. The van der Waals surface area contributed by atoms with Crippen molar-refractivity contribution >= 4 is 23.2 Å². The number of rotatable bonds is 9. The van der Waals surface area contributed by atoms with Gasteiger partial charge in [0.1, 0.15) is 6.54 Å². The summed E-state index contributed by atoms with van der Waals surface area (Å²) in [7, 11) is 0. The average molecular weight is 461 g/mol. The number of thiophene rings is 1. The van der Waals surface area contributed by atoms with Crippen LogP contribution in [0, 0.1) is 12.8 Å². The van der Waals surface area contributed by atoms with E-state index in [-0.39, 0.29) is 36.2 Å². The summed E-state index contributed by atoms with van der Waals surface area (Å²) < 4.78 is 0. The predicted octanol–water partition coefficient (Wildman–Crippen LogP) is 5.63. The third-order valence-corrected chi connectivity index (χ3v) is 7.43. The van der Waals surface area contributed by atoms with E-state index in [0.29, 0.717) is 13.1 Å². The molecule has 1 heterocycles. The molecule has 4 nitrogen and oxygen atoms in total. The molecule has 2 aromatic carbocycles. The molecule has 2 atom stereocenters. The third-order valence-electron chi connectivity index (χ3n) is 6.42. The second-order valence-corrected chi connectivity index (χ2v) is 10.2. The standard InChI is InChI=1S/C28H32N2O2S/c1-20(2)30(28(32)25-16-24(25)23-12-8-5-9-13-23)19-27(31)29(17-22-10-6-4-7-11-22)18-26-21(3)14-15-33-26/h4-15,20,24-25H,16-19H2,1-3H3. The van der Waals surface area contributed by atoms with Gasteiger partial charge in [0.05, 0.1) is 6.54 Å². The fraction of sp³-hybridized carbons (Fsp3) is 0.357. The molecule has 0 N–H and O–H groups in total. The van der Waals surface area contributed by atoms with E-state index >= 15 is 0 Å². The zero-order valence-electron chi connectivity index (χ0n) is 19.6. The molecule has 1 fully saturated rings. The first-order chi connectivity index (χ1) is 15.9. The molecule has 172 valence electrons. The molecule has 4 rings (SSSR count). The van der Waals surface area contributed by atoms with E-state index in [4.69, 9.17) is 0 Å². The fourth-order valence-corrected chi connectivity index (χ4v) is 5.21. The molecule has 0 spiro atoms. The minimum absolute atomic E-state index is 0.00869. The van der Waals surface area contributed by atoms with Gasteiger partial charge in [-0.2, -0.15) is 0 Å². The summed E-state index contributed by atoms with van der Waals surface area (Å²) in [5.41, 5.74) is 3.50. The van der Waals surface area contributed by atoms with Gasteiger partial charge in [-0.05, 0) is 61.2 Å². The minimum atomic E-state index is -0.0273. The maximum absolute atomic E-state index is 13.5. The lowest BCUT2D eigenvalue weighted by molar-refractivity contribution is -0.143. The van der Waals surface area contributed by atoms with Crippen LogP contribution in [0.2, 0.25) is 0 Å². The van der Waals surface area contributed by atoms with E-state index in [0.717, 1.165) is 12.0 Å². The van der Waals surface area contributed by atoms with Crippen LogP contribution in [0.5, 0.6) is 0 Å². The van der Waals surface area contributed by atoms with Gasteiger partial charge >= 0.3 is 0 Å². The van der Waals surface area contributed by atoms with Gasteiger partial charge in [-0.15, -0.1) is 11.3 Å². The number of benzene rings is 2. The van der Waals surface area contributed by atoms with Crippen LogP contribution in [-0.4, -0.2) is 34.2 Å². The molecule has 33 heavy (non-hydrogen) atoms. The molecule has 5 heteroatoms. The number of hydrogen-bond acceptors (Lipinski definition) is 3. The molecule has 0 radical (unpaired) electrons. The van der Waals surface area contributed by atoms with Gasteiger partial charge in [0.15, 0.2) is 0 Å². The van der Waals surface area contributed by atoms with Crippen molar-refractivity contribution in [1.29, 1.82) is 0 Å². The lowest BCUT2D eigenvalue weighted by Gasteiger charge is -2.30. The van der Waals surface area contributed by atoms with Crippen LogP contribution < -0.4 is 0 Å². The van der Waals surface area contributed by atoms with Crippen LogP contribution in [-0.2, 0) is 22.7 Å². The number of carbonyl (C=O) groups is 2. The maximum Gasteiger partial charge on any atom is 0.242 e. The molecule has 1 aromatic heterocycles. The number of carbonyl (C=O) groups excluding carboxylic acids is 2. The van der Waals surface area contributed by atoms with Crippen molar-refractivity contribution in [3.63, 3.8) is 0 Å². The van der Waals surface area contributed by atoms with Crippen LogP contribution >= 0.6 is 11.3 Å². The molecule has 2 unspecified atom stereocenters. The minimum Gasteiger partial charge on any atom is -0.332 e. The second kappa shape index (κ2) is 10.3. The first kappa shape index (κ1) is 23.2. The van der Waals surface area contributed by atoms with E-state index < -0.39 is 0 Å². The van der Waals surface area contributed by atoms with Crippen molar-refractivity contribution < 1.29 is 9.59 Å². The third kappa shape index (κ3) is 5.72. The Morgan fingerprint density at radius 1 is 0.970 bits per heavy atom. The highest BCUT2D eigenvalue weighted by molar-refractivity contribution is 7.10. The lowest BCUT2D eigenvalue weighted by Crippen LogP contribution is -2.46. The Morgan fingerprint density at radius 2 is 1.64 bits per heavy atom. The van der Waals surface area contributed by atoms with Crippen LogP contribution in [0.25, 0.3) is 0 Å². The van der Waals surface area contributed by atoms with Crippen molar-refractivity contribution in [1.82, 2.24) is 9.80 Å². The van der Waals surface area contributed by atoms with Crippen LogP contribution in [0.3, 0.4) is 0 Å². The summed E-state index contributed by atoms with van der Waals surface area (Å²) >= 11 is 1.68. The average Bonchev–Trinajstić information content (AvgIpc) is 3.53. The smallest absolute Gasteiger partial charge is 0.242 e. The Hall–Kier alpha value is -2.92. The molecule has 1 aliphatic carbocycles. The van der Waals surface area contributed by atoms with Crippen molar-refractivity contribution in [3.05, 3.63) is 93.7 Å². The first-order valence-electron chi connectivity index (χ1n) is 11.6. The van der Waals surface area contributed by atoms with Crippen LogP contribution in [0.4, 0.5) is 0 Å². The van der Waals surface area contributed by atoms with Crippen molar-refractivity contribution in [2.45, 2.75) is 52.2 Å². The summed E-state index contributed by atoms with van der Waals surface area (Å²) in [6.07, 6.45) is 0.863. The van der Waals surface area contributed by atoms with E-state index in [1.807, 2.05) is 67.3 Å². The SMILES string of the molecule is Cc1ccsc1CN(Cc1ccccc1)C(=O)CN(C(=O)C1CC1c1ccccc1)C(C)C. The fourth-order valence-electron chi connectivity index (χ4n) is 4.29. The Bertz CT molecular complexity index is 1080. The van der Waals surface area contributed by atoms with Gasteiger partial charge in [-0.3, -0.25) is 9.59 Å². The maximum atomic E-state index is 13.5. The Morgan fingerprint density at radius 3 is 2.24 bits per heavy atom. The van der Waals surface area contributed by atoms with Crippen LogP contribution in [0.1, 0.15) is 47.8 Å². The summed E-state index contributed by atoms with van der Waals surface area (Å²) in [6.45, 7) is 7.29. The molecule has 0 bridgehead atoms. The number of amides is 2. The Balaban J connectivity index is 1.48. The Kier molecular flexibility index (Phi) is 7.29. The van der Waals surface area contributed by atoms with Crippen molar-refractivity contribution in [2.24, 2.45) is 5.92 Å². The molecule has 0 aliphatic heterocycles. The summed E-state index contributed by atoms with van der Waals surface area (Å²) in [4.78, 5) is 31.8. The normalized spacial score (nSPS) is 17.1. The van der Waals surface area contributed by atoms with E-state index in [1.54, 1.807) is 16.2 Å². The Labute approximate surface area is 200 Å². The highest BCUT2D eigenvalue weighted by Crippen LogP contribution is 2.48. The molecule has 2 amide bonds. The van der Waals surface area contributed by atoms with Gasteiger partial charge in [-0.1, -0.05) is 60.7 Å². The van der Waals surface area contributed by atoms with E-state index in [9.17, 15) is 9.59 Å². The highest BCUT2D eigenvalue weighted by atomic mass is 32.1. The molecule has 1 aliphatic rings. The number of hydrogen-bond donors (Lipinski definition) is 0. The molecular weight excluding hydrogens is 428 g/mol. The lowest BCUT2D eigenvalue weighted by atomic mass is 10.1. The van der Waals surface area contributed by atoms with Gasteiger partial charge in [0, 0.05) is 23.4 Å². The summed E-state index contributed by atoms with van der Waals surface area (Å²) in [5.74, 6) is 0.332. The molecule has 1 saturated carbocycles. The summed E-state index contributed by atoms with van der Waals surface area (Å²) in [5, 5.41) is 2.07. The predicted molar refractivity (Wildman–Crippen MR) is 134 cm³/mol. The topological polar surface area (TPSA) is 40.6 Å². The van der Waals surface area contributed by atoms with Gasteiger partial charge in [0.2, 0.25) is 11.8 Å². The van der Waals surface area contributed by atoms with Crippen LogP contribution in [0.15, 0.2) is 72.1 Å². The van der Waals surface area contributed by atoms with E-state index in [1.165, 1.54) is 16.0 Å². The quantitative estimate of drug-likeness (QED) is 0.415. The molecular formula is C28H32N2O2S.